The van der Waals surface area contributed by atoms with E-state index in [4.69, 9.17) is 11.6 Å². The summed E-state index contributed by atoms with van der Waals surface area (Å²) >= 11 is 5.96. The van der Waals surface area contributed by atoms with Crippen molar-refractivity contribution < 1.29 is 0 Å². The maximum absolute atomic E-state index is 5.96. The lowest BCUT2D eigenvalue weighted by atomic mass is 10.2. The summed E-state index contributed by atoms with van der Waals surface area (Å²) in [4.78, 5) is 7.90. The molecule has 0 radical (unpaired) electrons. The molecule has 1 N–H and O–H groups in total. The number of aromatic amines is 1. The Balaban J connectivity index is 2.37. The van der Waals surface area contributed by atoms with Gasteiger partial charge in [-0.25, -0.2) is 4.98 Å². The molecule has 0 aliphatic carbocycles. The van der Waals surface area contributed by atoms with Gasteiger partial charge >= 0.3 is 0 Å². The van der Waals surface area contributed by atoms with E-state index in [2.05, 4.69) is 23.8 Å². The zero-order valence-corrected chi connectivity index (χ0v) is 10.3. The van der Waals surface area contributed by atoms with Gasteiger partial charge < -0.3 is 4.98 Å². The third kappa shape index (κ3) is 2.27. The third-order valence-electron chi connectivity index (χ3n) is 2.57. The molecule has 84 valence electrons. The maximum Gasteiger partial charge on any atom is 0.137 e. The molecule has 0 bridgehead atoms. The Morgan fingerprint density at radius 1 is 1.38 bits per heavy atom. The second kappa shape index (κ2) is 4.71. The van der Waals surface area contributed by atoms with Crippen LogP contribution in [0.5, 0.6) is 0 Å². The molecule has 0 saturated carbocycles. The molecule has 0 atom stereocenters. The van der Waals surface area contributed by atoms with Crippen molar-refractivity contribution in [3.63, 3.8) is 0 Å². The zero-order chi connectivity index (χ0) is 11.5. The smallest absolute Gasteiger partial charge is 0.137 e. The topological polar surface area (TPSA) is 28.7 Å². The monoisotopic (exact) mass is 234 g/mol. The number of aromatic nitrogens is 2. The number of nitrogens with zero attached hydrogens (tertiary/aromatic N) is 1. The van der Waals surface area contributed by atoms with Crippen molar-refractivity contribution in [2.45, 2.75) is 26.7 Å². The number of imidazole rings is 1. The fourth-order valence-corrected chi connectivity index (χ4v) is 1.94. The summed E-state index contributed by atoms with van der Waals surface area (Å²) in [5.74, 6) is 0.906. The number of benzene rings is 1. The van der Waals surface area contributed by atoms with Crippen molar-refractivity contribution >= 4 is 11.6 Å². The Kier molecular flexibility index (Phi) is 3.30. The minimum atomic E-state index is 0.739. The molecular weight excluding hydrogens is 220 g/mol. The fourth-order valence-electron chi connectivity index (χ4n) is 1.75. The molecule has 0 aliphatic heterocycles. The molecule has 0 fully saturated rings. The van der Waals surface area contributed by atoms with Crippen molar-refractivity contribution in [3.8, 4) is 11.4 Å². The van der Waals surface area contributed by atoms with Crippen molar-refractivity contribution in [1.82, 2.24) is 9.97 Å². The summed E-state index contributed by atoms with van der Waals surface area (Å²) in [5.41, 5.74) is 3.34. The first kappa shape index (κ1) is 11.2. The predicted molar refractivity (Wildman–Crippen MR) is 67.8 cm³/mol. The number of aryl methyl sites for hydroxylation is 2. The molecule has 3 heteroatoms. The van der Waals surface area contributed by atoms with E-state index in [9.17, 15) is 0 Å². The Morgan fingerprint density at radius 3 is 2.88 bits per heavy atom. The van der Waals surface area contributed by atoms with E-state index < -0.39 is 0 Å². The van der Waals surface area contributed by atoms with Crippen LogP contribution >= 0.6 is 11.6 Å². The first-order valence-electron chi connectivity index (χ1n) is 5.52. The van der Waals surface area contributed by atoms with Gasteiger partial charge in [-0.15, -0.1) is 0 Å². The summed E-state index contributed by atoms with van der Waals surface area (Å²) < 4.78 is 0. The molecule has 0 amide bonds. The van der Waals surface area contributed by atoms with E-state index in [1.54, 1.807) is 0 Å². The summed E-state index contributed by atoms with van der Waals surface area (Å²) in [6, 6.07) is 7.75. The van der Waals surface area contributed by atoms with E-state index in [1.807, 2.05) is 24.3 Å². The van der Waals surface area contributed by atoms with E-state index >= 15 is 0 Å². The summed E-state index contributed by atoms with van der Waals surface area (Å²) in [7, 11) is 0. The molecule has 0 aliphatic rings. The second-order valence-corrected chi connectivity index (χ2v) is 4.35. The van der Waals surface area contributed by atoms with Gasteiger partial charge in [-0.05, 0) is 25.5 Å². The average Bonchev–Trinajstić information content (AvgIpc) is 2.61. The fraction of sp³-hybridized carbons (Fsp3) is 0.308. The van der Waals surface area contributed by atoms with Gasteiger partial charge in [-0.1, -0.05) is 37.1 Å². The largest absolute Gasteiger partial charge is 0.342 e. The molecular formula is C13H15ClN2. The Morgan fingerprint density at radius 2 is 2.19 bits per heavy atom. The molecule has 1 heterocycles. The van der Waals surface area contributed by atoms with Crippen LogP contribution in [0.2, 0.25) is 5.02 Å². The van der Waals surface area contributed by atoms with Crippen LogP contribution in [0.4, 0.5) is 0 Å². The van der Waals surface area contributed by atoms with Crippen LogP contribution in [0.1, 0.15) is 24.7 Å². The molecule has 16 heavy (non-hydrogen) atoms. The number of hydrogen-bond acceptors (Lipinski definition) is 1. The van der Waals surface area contributed by atoms with Gasteiger partial charge in [0, 0.05) is 16.3 Å². The second-order valence-electron chi connectivity index (χ2n) is 3.92. The van der Waals surface area contributed by atoms with Crippen LogP contribution in [0.3, 0.4) is 0 Å². The quantitative estimate of drug-likeness (QED) is 0.855. The third-order valence-corrected chi connectivity index (χ3v) is 2.81. The first-order valence-corrected chi connectivity index (χ1v) is 5.90. The van der Waals surface area contributed by atoms with Gasteiger partial charge in [0.25, 0.3) is 0 Å². The zero-order valence-electron chi connectivity index (χ0n) is 9.55. The van der Waals surface area contributed by atoms with Crippen LogP contribution in [-0.2, 0) is 6.42 Å². The molecule has 0 saturated heterocycles. The number of hydrogen-bond donors (Lipinski definition) is 1. The summed E-state index contributed by atoms with van der Waals surface area (Å²) in [6.07, 6.45) is 2.13. The molecule has 0 spiro atoms. The highest BCUT2D eigenvalue weighted by Gasteiger charge is 2.07. The van der Waals surface area contributed by atoms with E-state index in [0.29, 0.717) is 0 Å². The van der Waals surface area contributed by atoms with Gasteiger partial charge in [0.05, 0.1) is 5.69 Å². The van der Waals surface area contributed by atoms with Gasteiger partial charge in [-0.2, -0.15) is 0 Å². The molecule has 1 aromatic carbocycles. The standard InChI is InChI=1S/C13H15ClN2/c1-3-5-12-9(2)15-13(16-12)10-6-4-7-11(14)8-10/h4,6-8H,3,5H2,1-2H3,(H,15,16). The van der Waals surface area contributed by atoms with Crippen LogP contribution in [0.15, 0.2) is 24.3 Å². The average molecular weight is 235 g/mol. The number of rotatable bonds is 3. The SMILES string of the molecule is CCCc1nc(-c2cccc(Cl)c2)[nH]c1C. The van der Waals surface area contributed by atoms with Crippen LogP contribution in [-0.4, -0.2) is 9.97 Å². The van der Waals surface area contributed by atoms with Gasteiger partial charge in [0.2, 0.25) is 0 Å². The lowest BCUT2D eigenvalue weighted by Crippen LogP contribution is -1.85. The van der Waals surface area contributed by atoms with E-state index in [0.717, 1.165) is 40.6 Å². The van der Waals surface area contributed by atoms with Crippen molar-refractivity contribution in [3.05, 3.63) is 40.7 Å². The lowest BCUT2D eigenvalue weighted by molar-refractivity contribution is 0.883. The Labute approximate surface area is 101 Å². The van der Waals surface area contributed by atoms with Crippen LogP contribution in [0, 0.1) is 6.92 Å². The summed E-state index contributed by atoms with van der Waals surface area (Å²) in [5, 5.41) is 0.739. The lowest BCUT2D eigenvalue weighted by Gasteiger charge is -1.96. The van der Waals surface area contributed by atoms with E-state index in [1.165, 1.54) is 0 Å². The van der Waals surface area contributed by atoms with Crippen LogP contribution in [0.25, 0.3) is 11.4 Å². The normalized spacial score (nSPS) is 10.7. The van der Waals surface area contributed by atoms with Gasteiger partial charge in [0.15, 0.2) is 0 Å². The van der Waals surface area contributed by atoms with Gasteiger partial charge in [0.1, 0.15) is 5.82 Å². The molecule has 0 unspecified atom stereocenters. The molecule has 2 rings (SSSR count). The minimum Gasteiger partial charge on any atom is -0.342 e. The van der Waals surface area contributed by atoms with Crippen molar-refractivity contribution in [1.29, 1.82) is 0 Å². The maximum atomic E-state index is 5.96. The van der Waals surface area contributed by atoms with E-state index in [-0.39, 0.29) is 0 Å². The summed E-state index contributed by atoms with van der Waals surface area (Å²) in [6.45, 7) is 4.22. The number of H-pyrrole nitrogens is 1. The number of nitrogens with one attached hydrogen (secondary N) is 1. The highest BCUT2D eigenvalue weighted by Crippen LogP contribution is 2.21. The molecule has 2 aromatic rings. The first-order chi connectivity index (χ1) is 7.70. The van der Waals surface area contributed by atoms with Crippen LogP contribution < -0.4 is 0 Å². The predicted octanol–water partition coefficient (Wildman–Crippen LogP) is 3.99. The van der Waals surface area contributed by atoms with Crippen molar-refractivity contribution in [2.24, 2.45) is 0 Å². The van der Waals surface area contributed by atoms with Gasteiger partial charge in [-0.3, -0.25) is 0 Å². The molecule has 2 nitrogen and oxygen atoms in total. The molecule has 1 aromatic heterocycles. The highest BCUT2D eigenvalue weighted by molar-refractivity contribution is 6.30. The Bertz CT molecular complexity index is 488. The van der Waals surface area contributed by atoms with Crippen molar-refractivity contribution in [2.75, 3.05) is 0 Å². The highest BCUT2D eigenvalue weighted by atomic mass is 35.5. The minimum absolute atomic E-state index is 0.739. The Hall–Kier alpha value is -1.28. The number of halogens is 1.